The number of nitrogens with two attached hydrogens (primary N) is 1. The van der Waals surface area contributed by atoms with Crippen LogP contribution in [0.4, 0.5) is 5.69 Å². The molecule has 0 fully saturated rings. The number of hydrogen-bond acceptors (Lipinski definition) is 2. The highest BCUT2D eigenvalue weighted by Crippen LogP contribution is 2.31. The first-order valence-corrected chi connectivity index (χ1v) is 6.41. The Labute approximate surface area is 93.7 Å². The lowest BCUT2D eigenvalue weighted by Crippen LogP contribution is -1.91. The van der Waals surface area contributed by atoms with Crippen LogP contribution >= 0.6 is 42.5 Å². The fourth-order valence-corrected chi connectivity index (χ4v) is 2.83. The quantitative estimate of drug-likeness (QED) is 0.634. The number of rotatable bonds is 1. The number of benzene rings is 1. The molecular formula is C6H4Br2ClNOS. The van der Waals surface area contributed by atoms with E-state index in [-0.39, 0.29) is 0 Å². The summed E-state index contributed by atoms with van der Waals surface area (Å²) in [5, 5.41) is 0. The average molecular weight is 333 g/mol. The molecule has 2 N–H and O–H groups in total. The molecule has 6 heteroatoms. The van der Waals surface area contributed by atoms with Gasteiger partial charge in [0, 0.05) is 8.95 Å². The van der Waals surface area contributed by atoms with Crippen LogP contribution in [0.3, 0.4) is 0 Å². The molecular weight excluding hydrogens is 329 g/mol. The molecule has 0 aromatic heterocycles. The normalized spacial score (nSPS) is 12.9. The van der Waals surface area contributed by atoms with Crippen molar-refractivity contribution in [1.29, 1.82) is 0 Å². The molecule has 66 valence electrons. The Morgan fingerprint density at radius 3 is 2.08 bits per heavy atom. The van der Waals surface area contributed by atoms with Crippen molar-refractivity contribution in [3.63, 3.8) is 0 Å². The molecule has 0 bridgehead atoms. The highest BCUT2D eigenvalue weighted by Gasteiger charge is 2.07. The van der Waals surface area contributed by atoms with Crippen LogP contribution in [0.25, 0.3) is 0 Å². The Morgan fingerprint density at radius 1 is 1.33 bits per heavy atom. The lowest BCUT2D eigenvalue weighted by Gasteiger charge is -2.02. The van der Waals surface area contributed by atoms with Gasteiger partial charge in [0.15, 0.2) is 0 Å². The summed E-state index contributed by atoms with van der Waals surface area (Å²) in [6.45, 7) is 0. The predicted octanol–water partition coefficient (Wildman–Crippen LogP) is 3.06. The van der Waals surface area contributed by atoms with Crippen molar-refractivity contribution in [1.82, 2.24) is 0 Å². The molecule has 1 atom stereocenters. The SMILES string of the molecule is Nc1c(Br)cc(S(=O)Cl)cc1Br. The van der Waals surface area contributed by atoms with Gasteiger partial charge in [-0.2, -0.15) is 0 Å². The van der Waals surface area contributed by atoms with Crippen molar-refractivity contribution < 1.29 is 4.21 Å². The van der Waals surface area contributed by atoms with E-state index in [2.05, 4.69) is 31.9 Å². The lowest BCUT2D eigenvalue weighted by atomic mass is 10.3. The molecule has 0 spiro atoms. The Hall–Kier alpha value is 0.420. The van der Waals surface area contributed by atoms with Gasteiger partial charge in [-0.3, -0.25) is 0 Å². The molecule has 2 nitrogen and oxygen atoms in total. The largest absolute Gasteiger partial charge is 0.397 e. The molecule has 1 aromatic rings. The molecule has 1 unspecified atom stereocenters. The van der Waals surface area contributed by atoms with Crippen LogP contribution in [0.5, 0.6) is 0 Å². The van der Waals surface area contributed by atoms with Crippen molar-refractivity contribution in [3.05, 3.63) is 21.1 Å². The van der Waals surface area contributed by atoms with Gasteiger partial charge in [-0.15, -0.1) is 0 Å². The number of hydrogen-bond donors (Lipinski definition) is 1. The Bertz CT molecular complexity index is 321. The first-order chi connectivity index (χ1) is 5.52. The minimum Gasteiger partial charge on any atom is -0.397 e. The van der Waals surface area contributed by atoms with E-state index in [4.69, 9.17) is 16.4 Å². The predicted molar refractivity (Wildman–Crippen MR) is 58.5 cm³/mol. The van der Waals surface area contributed by atoms with E-state index in [1.165, 1.54) is 0 Å². The standard InChI is InChI=1S/C6H4Br2ClNOS/c7-4-1-3(12(9)11)2-5(8)6(4)10/h1-2H,10H2. The van der Waals surface area contributed by atoms with Crippen LogP contribution < -0.4 is 5.73 Å². The summed E-state index contributed by atoms with van der Waals surface area (Å²) in [7, 11) is 3.89. The van der Waals surface area contributed by atoms with E-state index < -0.39 is 10.0 Å². The van der Waals surface area contributed by atoms with Crippen molar-refractivity contribution in [3.8, 4) is 0 Å². The van der Waals surface area contributed by atoms with Gasteiger partial charge >= 0.3 is 0 Å². The molecule has 1 aromatic carbocycles. The van der Waals surface area contributed by atoms with E-state index in [9.17, 15) is 4.21 Å². The van der Waals surface area contributed by atoms with Gasteiger partial charge in [-0.05, 0) is 54.7 Å². The zero-order chi connectivity index (χ0) is 9.30. The van der Waals surface area contributed by atoms with Crippen LogP contribution in [0.2, 0.25) is 0 Å². The zero-order valence-electron chi connectivity index (χ0n) is 5.68. The van der Waals surface area contributed by atoms with Gasteiger partial charge in [-0.25, -0.2) is 4.21 Å². The Kier molecular flexibility index (Phi) is 3.58. The Morgan fingerprint density at radius 2 is 1.75 bits per heavy atom. The summed E-state index contributed by atoms with van der Waals surface area (Å²) in [5.74, 6) is 0. The second-order valence-electron chi connectivity index (χ2n) is 2.02. The van der Waals surface area contributed by atoms with Crippen molar-refractivity contribution >= 4 is 58.2 Å². The van der Waals surface area contributed by atoms with E-state index in [0.717, 1.165) is 0 Å². The summed E-state index contributed by atoms with van der Waals surface area (Å²) < 4.78 is 12.2. The van der Waals surface area contributed by atoms with Crippen molar-refractivity contribution in [2.45, 2.75) is 4.90 Å². The molecule has 1 rings (SSSR count). The van der Waals surface area contributed by atoms with E-state index in [1.807, 2.05) is 0 Å². The van der Waals surface area contributed by atoms with Gasteiger partial charge in [0.05, 0.1) is 10.6 Å². The fraction of sp³-hybridized carbons (Fsp3) is 0. The second kappa shape index (κ2) is 4.09. The van der Waals surface area contributed by atoms with Crippen molar-refractivity contribution in [2.24, 2.45) is 0 Å². The summed E-state index contributed by atoms with van der Waals surface area (Å²) in [5.41, 5.74) is 6.19. The first-order valence-electron chi connectivity index (χ1n) is 2.85. The molecule has 0 heterocycles. The molecule has 0 aliphatic rings. The zero-order valence-corrected chi connectivity index (χ0v) is 10.4. The molecule has 0 saturated carbocycles. The monoisotopic (exact) mass is 331 g/mol. The first kappa shape index (κ1) is 10.5. The summed E-state index contributed by atoms with van der Waals surface area (Å²) in [6.07, 6.45) is 0. The lowest BCUT2D eigenvalue weighted by molar-refractivity contribution is 0.691. The Balaban J connectivity index is 3.31. The van der Waals surface area contributed by atoms with Crippen LogP contribution in [0.1, 0.15) is 0 Å². The molecule has 0 amide bonds. The minimum atomic E-state index is -1.50. The van der Waals surface area contributed by atoms with Crippen molar-refractivity contribution in [2.75, 3.05) is 5.73 Å². The summed E-state index contributed by atoms with van der Waals surface area (Å²) >= 11 is 6.43. The summed E-state index contributed by atoms with van der Waals surface area (Å²) in [6, 6.07) is 3.26. The van der Waals surface area contributed by atoms with Crippen LogP contribution in [-0.2, 0) is 10.0 Å². The molecule has 0 aliphatic heterocycles. The van der Waals surface area contributed by atoms with Crippen LogP contribution in [-0.4, -0.2) is 4.21 Å². The highest BCUT2D eigenvalue weighted by atomic mass is 79.9. The number of nitrogen functional groups attached to an aromatic ring is 1. The van der Waals surface area contributed by atoms with Crippen LogP contribution in [0, 0.1) is 0 Å². The average Bonchev–Trinajstić information content (AvgIpc) is 1.99. The maximum atomic E-state index is 10.9. The summed E-state index contributed by atoms with van der Waals surface area (Å²) in [4.78, 5) is 0.518. The maximum Gasteiger partial charge on any atom is 0.147 e. The topological polar surface area (TPSA) is 43.1 Å². The second-order valence-corrected chi connectivity index (χ2v) is 5.49. The smallest absolute Gasteiger partial charge is 0.147 e. The van der Waals surface area contributed by atoms with Gasteiger partial charge in [0.1, 0.15) is 10.0 Å². The van der Waals surface area contributed by atoms with E-state index in [0.29, 0.717) is 19.5 Å². The third-order valence-electron chi connectivity index (χ3n) is 1.24. The third kappa shape index (κ3) is 2.22. The van der Waals surface area contributed by atoms with Crippen LogP contribution in [0.15, 0.2) is 26.0 Å². The van der Waals surface area contributed by atoms with Gasteiger partial charge < -0.3 is 5.73 Å². The fourth-order valence-electron chi connectivity index (χ4n) is 0.654. The third-order valence-corrected chi connectivity index (χ3v) is 3.69. The van der Waals surface area contributed by atoms with Gasteiger partial charge in [-0.1, -0.05) is 0 Å². The molecule has 0 saturated heterocycles. The number of halogens is 3. The van der Waals surface area contributed by atoms with Gasteiger partial charge in [0.25, 0.3) is 0 Å². The van der Waals surface area contributed by atoms with E-state index in [1.54, 1.807) is 12.1 Å². The molecule has 0 radical (unpaired) electrons. The highest BCUT2D eigenvalue weighted by molar-refractivity contribution is 9.11. The minimum absolute atomic E-state index is 0.518. The molecule has 0 aliphatic carbocycles. The number of anilines is 1. The van der Waals surface area contributed by atoms with Gasteiger partial charge in [0.2, 0.25) is 0 Å². The van der Waals surface area contributed by atoms with E-state index >= 15 is 0 Å². The molecule has 12 heavy (non-hydrogen) atoms. The maximum absolute atomic E-state index is 10.9.